The molecule has 1 aromatic rings. The zero-order chi connectivity index (χ0) is 15.8. The van der Waals surface area contributed by atoms with Crippen LogP contribution in [0.1, 0.15) is 34.1 Å². The van der Waals surface area contributed by atoms with E-state index in [4.69, 9.17) is 15.2 Å². The summed E-state index contributed by atoms with van der Waals surface area (Å²) in [6.45, 7) is 9.99. The van der Waals surface area contributed by atoms with Crippen molar-refractivity contribution in [2.45, 2.75) is 40.2 Å². The number of hydrogen-bond donors (Lipinski definition) is 2. The molecule has 120 valence electrons. The lowest BCUT2D eigenvalue weighted by Gasteiger charge is -2.15. The molecule has 0 aliphatic rings. The van der Waals surface area contributed by atoms with Gasteiger partial charge in [-0.15, -0.1) is 0 Å². The fourth-order valence-electron chi connectivity index (χ4n) is 1.75. The van der Waals surface area contributed by atoms with E-state index in [-0.39, 0.29) is 11.9 Å². The molecule has 0 aromatic heterocycles. The number of benzene rings is 1. The summed E-state index contributed by atoms with van der Waals surface area (Å²) in [5.41, 5.74) is 6.84. The van der Waals surface area contributed by atoms with Crippen LogP contribution < -0.4 is 15.8 Å². The molecule has 0 heterocycles. The average molecular weight is 298 g/mol. The van der Waals surface area contributed by atoms with Crippen LogP contribution >= 0.6 is 0 Å². The van der Waals surface area contributed by atoms with E-state index in [2.05, 4.69) is 19.2 Å². The van der Waals surface area contributed by atoms with Gasteiger partial charge in [-0.1, -0.05) is 13.8 Å². The van der Waals surface area contributed by atoms with Gasteiger partial charge in [0.25, 0.3) is 0 Å². The third kappa shape index (κ3) is 6.67. The van der Waals surface area contributed by atoms with Crippen molar-refractivity contribution in [2.75, 3.05) is 30.8 Å². The van der Waals surface area contributed by atoms with Crippen LogP contribution in [0.2, 0.25) is 0 Å². The summed E-state index contributed by atoms with van der Waals surface area (Å²) in [5.74, 6) is 0.406. The van der Waals surface area contributed by atoms with Gasteiger partial charge in [0.15, 0.2) is 11.6 Å². The summed E-state index contributed by atoms with van der Waals surface area (Å²) in [4.78, 5) is 0. The second kappa shape index (κ2) is 8.72. The Morgan fingerprint density at radius 3 is 2.52 bits per heavy atom. The van der Waals surface area contributed by atoms with Crippen LogP contribution in [0.25, 0.3) is 0 Å². The number of nitrogen functional groups attached to an aromatic ring is 1. The molecule has 0 saturated carbocycles. The Kier molecular flexibility index (Phi) is 7.29. The van der Waals surface area contributed by atoms with Crippen molar-refractivity contribution in [1.82, 2.24) is 0 Å². The van der Waals surface area contributed by atoms with Gasteiger partial charge in [0, 0.05) is 25.3 Å². The highest BCUT2D eigenvalue weighted by molar-refractivity contribution is 5.68. The predicted octanol–water partition coefficient (Wildman–Crippen LogP) is 3.67. The van der Waals surface area contributed by atoms with Crippen molar-refractivity contribution in [3.63, 3.8) is 0 Å². The first-order valence-electron chi connectivity index (χ1n) is 7.47. The number of nitrogens with two attached hydrogens (primary N) is 1. The molecule has 0 aliphatic heterocycles. The van der Waals surface area contributed by atoms with Crippen molar-refractivity contribution in [1.29, 1.82) is 0 Å². The Morgan fingerprint density at radius 2 is 1.90 bits per heavy atom. The van der Waals surface area contributed by atoms with E-state index in [1.54, 1.807) is 6.07 Å². The molecule has 3 N–H and O–H groups in total. The van der Waals surface area contributed by atoms with E-state index in [9.17, 15) is 4.39 Å². The number of nitrogens with one attached hydrogen (secondary N) is 1. The molecule has 0 radical (unpaired) electrons. The molecule has 0 aliphatic carbocycles. The third-order valence-corrected chi connectivity index (χ3v) is 2.87. The Balaban J connectivity index is 2.47. The van der Waals surface area contributed by atoms with Crippen LogP contribution in [0.4, 0.5) is 15.8 Å². The van der Waals surface area contributed by atoms with Gasteiger partial charge in [-0.25, -0.2) is 4.39 Å². The Morgan fingerprint density at radius 1 is 1.19 bits per heavy atom. The molecule has 1 rings (SSSR count). The summed E-state index contributed by atoms with van der Waals surface area (Å²) < 4.78 is 24.6. The van der Waals surface area contributed by atoms with Crippen LogP contribution in [0.3, 0.4) is 0 Å². The molecule has 21 heavy (non-hydrogen) atoms. The first-order valence-corrected chi connectivity index (χ1v) is 7.47. The number of ether oxygens (including phenoxy) is 2. The molecular weight excluding hydrogens is 271 g/mol. The standard InChI is InChI=1S/C16H27FN2O2/c1-11(2)5-7-20-8-6-19-15-10-16(21-12(3)4)13(17)9-14(15)18/h9-12,19H,5-8,18H2,1-4H3. The first kappa shape index (κ1) is 17.6. The highest BCUT2D eigenvalue weighted by Gasteiger charge is 2.10. The van der Waals surface area contributed by atoms with Crippen molar-refractivity contribution in [3.8, 4) is 5.75 Å². The van der Waals surface area contributed by atoms with Crippen LogP contribution in [0.15, 0.2) is 12.1 Å². The van der Waals surface area contributed by atoms with E-state index in [1.165, 1.54) is 6.07 Å². The smallest absolute Gasteiger partial charge is 0.167 e. The van der Waals surface area contributed by atoms with Gasteiger partial charge in [-0.3, -0.25) is 0 Å². The quantitative estimate of drug-likeness (QED) is 0.539. The summed E-state index contributed by atoms with van der Waals surface area (Å²) in [5, 5.41) is 3.15. The third-order valence-electron chi connectivity index (χ3n) is 2.87. The highest BCUT2D eigenvalue weighted by atomic mass is 19.1. The molecule has 1 aromatic carbocycles. The Hall–Kier alpha value is -1.49. The number of anilines is 2. The maximum atomic E-state index is 13.7. The van der Waals surface area contributed by atoms with Crippen LogP contribution in [0.5, 0.6) is 5.75 Å². The lowest BCUT2D eigenvalue weighted by Crippen LogP contribution is -2.13. The molecule has 0 atom stereocenters. The summed E-state index contributed by atoms with van der Waals surface area (Å²) in [7, 11) is 0. The van der Waals surface area contributed by atoms with Crippen molar-refractivity contribution >= 4 is 11.4 Å². The fourth-order valence-corrected chi connectivity index (χ4v) is 1.75. The monoisotopic (exact) mass is 298 g/mol. The van der Waals surface area contributed by atoms with E-state index < -0.39 is 5.82 Å². The van der Waals surface area contributed by atoms with Crippen molar-refractivity contribution in [2.24, 2.45) is 5.92 Å². The first-order chi connectivity index (χ1) is 9.90. The molecule has 0 bridgehead atoms. The van der Waals surface area contributed by atoms with Gasteiger partial charge in [-0.05, 0) is 26.2 Å². The topological polar surface area (TPSA) is 56.5 Å². The minimum absolute atomic E-state index is 0.0876. The van der Waals surface area contributed by atoms with E-state index >= 15 is 0 Å². The van der Waals surface area contributed by atoms with Gasteiger partial charge in [0.05, 0.1) is 24.1 Å². The average Bonchev–Trinajstić information content (AvgIpc) is 2.37. The molecule has 4 nitrogen and oxygen atoms in total. The molecule has 0 saturated heterocycles. The van der Waals surface area contributed by atoms with Crippen molar-refractivity contribution in [3.05, 3.63) is 17.9 Å². The molecule has 0 amide bonds. The van der Waals surface area contributed by atoms with Crippen molar-refractivity contribution < 1.29 is 13.9 Å². The maximum absolute atomic E-state index is 13.7. The summed E-state index contributed by atoms with van der Waals surface area (Å²) in [6.07, 6.45) is 0.959. The van der Waals surface area contributed by atoms with Crippen LogP contribution in [0, 0.1) is 11.7 Å². The van der Waals surface area contributed by atoms with Gasteiger partial charge in [0.2, 0.25) is 0 Å². The molecular formula is C16H27FN2O2. The minimum Gasteiger partial charge on any atom is -0.488 e. The van der Waals surface area contributed by atoms with E-state index in [1.807, 2.05) is 13.8 Å². The van der Waals surface area contributed by atoms with Crippen LogP contribution in [-0.2, 0) is 4.74 Å². The van der Waals surface area contributed by atoms with Gasteiger partial charge in [0.1, 0.15) is 0 Å². The Bertz CT molecular complexity index is 437. The van der Waals surface area contributed by atoms with Gasteiger partial charge >= 0.3 is 0 Å². The van der Waals surface area contributed by atoms with E-state index in [0.29, 0.717) is 30.4 Å². The summed E-state index contributed by atoms with van der Waals surface area (Å²) >= 11 is 0. The lowest BCUT2D eigenvalue weighted by atomic mass is 10.1. The number of rotatable bonds is 9. The summed E-state index contributed by atoms with van der Waals surface area (Å²) in [6, 6.07) is 2.87. The lowest BCUT2D eigenvalue weighted by molar-refractivity contribution is 0.132. The minimum atomic E-state index is -0.445. The maximum Gasteiger partial charge on any atom is 0.167 e. The predicted molar refractivity (Wildman–Crippen MR) is 85.3 cm³/mol. The molecule has 0 spiro atoms. The highest BCUT2D eigenvalue weighted by Crippen LogP contribution is 2.28. The normalized spacial score (nSPS) is 11.2. The van der Waals surface area contributed by atoms with Gasteiger partial charge in [-0.2, -0.15) is 0 Å². The molecule has 0 unspecified atom stereocenters. The molecule has 5 heteroatoms. The second-order valence-electron chi connectivity index (χ2n) is 5.76. The number of halogens is 1. The second-order valence-corrected chi connectivity index (χ2v) is 5.76. The van der Waals surface area contributed by atoms with E-state index in [0.717, 1.165) is 13.0 Å². The largest absolute Gasteiger partial charge is 0.488 e. The zero-order valence-corrected chi connectivity index (χ0v) is 13.4. The SMILES string of the molecule is CC(C)CCOCCNc1cc(OC(C)C)c(F)cc1N. The zero-order valence-electron chi connectivity index (χ0n) is 13.4. The molecule has 0 fully saturated rings. The fraction of sp³-hybridized carbons (Fsp3) is 0.625. The van der Waals surface area contributed by atoms with Crippen LogP contribution in [-0.4, -0.2) is 25.9 Å². The number of hydrogen-bond acceptors (Lipinski definition) is 4. The Labute approximate surface area is 126 Å². The van der Waals surface area contributed by atoms with Gasteiger partial charge < -0.3 is 20.5 Å².